The number of halogens is 3. The number of methoxy groups -OCH3 is 1. The van der Waals surface area contributed by atoms with Crippen molar-refractivity contribution in [2.45, 2.75) is 6.61 Å². The van der Waals surface area contributed by atoms with Crippen LogP contribution in [0.1, 0.15) is 11.1 Å². The Morgan fingerprint density at radius 1 is 1.09 bits per heavy atom. The third kappa shape index (κ3) is 5.26. The number of carbonyl (C=O) groups is 1. The van der Waals surface area contributed by atoms with E-state index in [9.17, 15) is 13.6 Å². The maximum absolute atomic E-state index is 13.6. The van der Waals surface area contributed by atoms with Gasteiger partial charge in [-0.25, -0.2) is 8.78 Å². The largest absolute Gasteiger partial charge is 0.493 e. The summed E-state index contributed by atoms with van der Waals surface area (Å²) in [6.45, 7) is 0.151. The van der Waals surface area contributed by atoms with E-state index >= 15 is 0 Å². The zero-order valence-electron chi connectivity index (χ0n) is 17.2. The molecule has 1 saturated heterocycles. The number of nitrogens with zero attached hydrogens (tertiary/aromatic N) is 1. The van der Waals surface area contributed by atoms with Crippen LogP contribution in [0.25, 0.3) is 6.08 Å². The van der Waals surface area contributed by atoms with Crippen LogP contribution in [0.3, 0.4) is 0 Å². The molecular weight excluding hydrogens is 532 g/mol. The van der Waals surface area contributed by atoms with Crippen LogP contribution >= 0.6 is 39.9 Å². The fourth-order valence-corrected chi connectivity index (χ4v) is 5.08. The van der Waals surface area contributed by atoms with E-state index in [-0.39, 0.29) is 18.3 Å². The Bertz CT molecular complexity index is 1280. The molecule has 33 heavy (non-hydrogen) atoms. The number of rotatable bonds is 6. The Morgan fingerprint density at radius 2 is 1.82 bits per heavy atom. The molecule has 0 N–H and O–H groups in total. The van der Waals surface area contributed by atoms with E-state index in [0.29, 0.717) is 42.0 Å². The molecule has 3 aromatic carbocycles. The summed E-state index contributed by atoms with van der Waals surface area (Å²) >= 11 is 9.96. The summed E-state index contributed by atoms with van der Waals surface area (Å²) in [5, 5.41) is 0. The number of hydrogen-bond donors (Lipinski definition) is 0. The SMILES string of the molecule is COc1cc(/C=C2\SC(=S)N(c3cccc(F)c3)C2=O)cc(Br)c1OCc1cccc(F)c1. The summed E-state index contributed by atoms with van der Waals surface area (Å²) in [6.07, 6.45) is 1.68. The lowest BCUT2D eigenvalue weighted by molar-refractivity contribution is -0.113. The second-order valence-corrected chi connectivity index (χ2v) is 9.48. The average Bonchev–Trinajstić information content (AvgIpc) is 3.05. The molecule has 0 radical (unpaired) electrons. The molecule has 1 aliphatic rings. The Hall–Kier alpha value is -2.75. The standard InChI is InChI=1S/C24H16BrF2NO3S2/c1-30-20-10-15(9-19(25)22(20)31-13-14-4-2-5-16(26)8-14)11-21-23(29)28(24(32)33-21)18-7-3-6-17(27)12-18/h2-12H,13H2,1H3/b21-11-. The molecule has 3 aromatic rings. The molecule has 0 unspecified atom stereocenters. The average molecular weight is 548 g/mol. The summed E-state index contributed by atoms with van der Waals surface area (Å²) in [4.78, 5) is 14.7. The lowest BCUT2D eigenvalue weighted by Crippen LogP contribution is -2.27. The van der Waals surface area contributed by atoms with Crippen molar-refractivity contribution in [3.05, 3.63) is 92.8 Å². The van der Waals surface area contributed by atoms with Gasteiger partial charge in [-0.05, 0) is 75.6 Å². The first kappa shape index (κ1) is 23.4. The van der Waals surface area contributed by atoms with E-state index in [1.807, 2.05) is 0 Å². The molecule has 9 heteroatoms. The van der Waals surface area contributed by atoms with Gasteiger partial charge in [-0.15, -0.1) is 0 Å². The lowest BCUT2D eigenvalue weighted by atomic mass is 10.1. The fraction of sp³-hybridized carbons (Fsp3) is 0.0833. The molecule has 1 fully saturated rings. The third-order valence-corrected chi connectivity index (χ3v) is 6.57. The van der Waals surface area contributed by atoms with Gasteiger partial charge in [-0.1, -0.05) is 42.2 Å². The predicted octanol–water partition coefficient (Wildman–Crippen LogP) is 6.72. The number of hydrogen-bond acceptors (Lipinski definition) is 5. The molecule has 4 rings (SSSR count). The molecular formula is C24H16BrF2NO3S2. The van der Waals surface area contributed by atoms with Crippen molar-refractivity contribution >= 4 is 61.9 Å². The van der Waals surface area contributed by atoms with Gasteiger partial charge >= 0.3 is 0 Å². The third-order valence-electron chi connectivity index (χ3n) is 4.68. The monoisotopic (exact) mass is 547 g/mol. The minimum absolute atomic E-state index is 0.151. The van der Waals surface area contributed by atoms with E-state index in [0.717, 1.165) is 11.8 Å². The highest BCUT2D eigenvalue weighted by Gasteiger charge is 2.33. The molecule has 0 saturated carbocycles. The molecule has 1 heterocycles. The molecule has 1 aliphatic heterocycles. The van der Waals surface area contributed by atoms with Crippen molar-refractivity contribution < 1.29 is 23.0 Å². The summed E-state index contributed by atoms with van der Waals surface area (Å²) < 4.78 is 39.3. The van der Waals surface area contributed by atoms with Crippen molar-refractivity contribution in [1.29, 1.82) is 0 Å². The van der Waals surface area contributed by atoms with Crippen LogP contribution < -0.4 is 14.4 Å². The first-order valence-corrected chi connectivity index (χ1v) is 11.7. The predicted molar refractivity (Wildman–Crippen MR) is 133 cm³/mol. The first-order valence-electron chi connectivity index (χ1n) is 9.64. The van der Waals surface area contributed by atoms with Crippen LogP contribution in [0.5, 0.6) is 11.5 Å². The van der Waals surface area contributed by atoms with E-state index in [4.69, 9.17) is 21.7 Å². The maximum atomic E-state index is 13.6. The van der Waals surface area contributed by atoms with Crippen LogP contribution in [-0.2, 0) is 11.4 Å². The lowest BCUT2D eigenvalue weighted by Gasteiger charge is -2.14. The number of anilines is 1. The Morgan fingerprint density at radius 3 is 2.52 bits per heavy atom. The van der Waals surface area contributed by atoms with Crippen molar-refractivity contribution in [3.8, 4) is 11.5 Å². The quantitative estimate of drug-likeness (QED) is 0.253. The van der Waals surface area contributed by atoms with Gasteiger partial charge in [0.25, 0.3) is 5.91 Å². The van der Waals surface area contributed by atoms with Crippen LogP contribution in [0.4, 0.5) is 14.5 Å². The molecule has 4 nitrogen and oxygen atoms in total. The Kier molecular flexibility index (Phi) is 7.11. The Labute approximate surface area is 207 Å². The van der Waals surface area contributed by atoms with Gasteiger partial charge in [-0.2, -0.15) is 0 Å². The summed E-state index contributed by atoms with van der Waals surface area (Å²) in [6, 6.07) is 15.4. The topological polar surface area (TPSA) is 38.8 Å². The summed E-state index contributed by atoms with van der Waals surface area (Å²) in [5.41, 5.74) is 1.73. The molecule has 0 bridgehead atoms. The number of amides is 1. The van der Waals surface area contributed by atoms with E-state index in [2.05, 4.69) is 15.9 Å². The molecule has 0 atom stereocenters. The zero-order chi connectivity index (χ0) is 23.5. The van der Waals surface area contributed by atoms with Crippen molar-refractivity contribution in [3.63, 3.8) is 0 Å². The summed E-state index contributed by atoms with van der Waals surface area (Å²) in [7, 11) is 1.50. The zero-order valence-corrected chi connectivity index (χ0v) is 20.4. The van der Waals surface area contributed by atoms with E-state index in [1.165, 1.54) is 42.3 Å². The number of thiocarbonyl (C=S) groups is 1. The molecule has 0 aliphatic carbocycles. The van der Waals surface area contributed by atoms with Gasteiger partial charge in [0.15, 0.2) is 15.8 Å². The summed E-state index contributed by atoms with van der Waals surface area (Å²) in [5.74, 6) is -0.239. The highest BCUT2D eigenvalue weighted by atomic mass is 79.9. The normalized spacial score (nSPS) is 14.8. The molecule has 168 valence electrons. The van der Waals surface area contributed by atoms with Crippen molar-refractivity contribution in [2.24, 2.45) is 0 Å². The molecule has 0 aromatic heterocycles. The van der Waals surface area contributed by atoms with Crippen LogP contribution in [0, 0.1) is 11.6 Å². The van der Waals surface area contributed by atoms with Gasteiger partial charge < -0.3 is 9.47 Å². The maximum Gasteiger partial charge on any atom is 0.270 e. The fourth-order valence-electron chi connectivity index (χ4n) is 3.20. The van der Waals surface area contributed by atoms with Gasteiger partial charge in [0.05, 0.1) is 22.2 Å². The number of thioether (sulfide) groups is 1. The van der Waals surface area contributed by atoms with Gasteiger partial charge in [0, 0.05) is 0 Å². The van der Waals surface area contributed by atoms with Crippen LogP contribution in [0.2, 0.25) is 0 Å². The highest BCUT2D eigenvalue weighted by Crippen LogP contribution is 2.40. The number of benzene rings is 3. The van der Waals surface area contributed by atoms with Gasteiger partial charge in [0.2, 0.25) is 0 Å². The minimum atomic E-state index is -0.451. The van der Waals surface area contributed by atoms with Crippen LogP contribution in [-0.4, -0.2) is 17.3 Å². The second-order valence-electron chi connectivity index (χ2n) is 6.95. The first-order chi connectivity index (χ1) is 15.9. The smallest absolute Gasteiger partial charge is 0.270 e. The van der Waals surface area contributed by atoms with E-state index < -0.39 is 5.82 Å². The Balaban J connectivity index is 1.58. The second kappa shape index (κ2) is 10.0. The van der Waals surface area contributed by atoms with Crippen molar-refractivity contribution in [1.82, 2.24) is 0 Å². The van der Waals surface area contributed by atoms with Crippen molar-refractivity contribution in [2.75, 3.05) is 12.0 Å². The molecule has 0 spiro atoms. The highest BCUT2D eigenvalue weighted by molar-refractivity contribution is 9.10. The number of carbonyl (C=O) groups excluding carboxylic acids is 1. The van der Waals surface area contributed by atoms with Crippen LogP contribution in [0.15, 0.2) is 70.0 Å². The number of ether oxygens (including phenoxy) is 2. The van der Waals surface area contributed by atoms with E-state index in [1.54, 1.807) is 36.4 Å². The minimum Gasteiger partial charge on any atom is -0.493 e. The van der Waals surface area contributed by atoms with Gasteiger partial charge in [0.1, 0.15) is 18.2 Å². The van der Waals surface area contributed by atoms with Gasteiger partial charge in [-0.3, -0.25) is 9.69 Å². The molecule has 1 amide bonds.